The highest BCUT2D eigenvalue weighted by Crippen LogP contribution is 2.37. The number of amides is 1. The summed E-state index contributed by atoms with van der Waals surface area (Å²) in [6.07, 6.45) is 0. The Balaban J connectivity index is 1.69. The topological polar surface area (TPSA) is 84.9 Å². The van der Waals surface area contributed by atoms with Crippen molar-refractivity contribution in [3.8, 4) is 11.5 Å². The Bertz CT molecular complexity index is 1140. The molecule has 1 aliphatic rings. The lowest BCUT2D eigenvalue weighted by Crippen LogP contribution is -2.30. The highest BCUT2D eigenvalue weighted by Gasteiger charge is 2.28. The minimum Gasteiger partial charge on any atom is -0.486 e. The monoisotopic (exact) mass is 464 g/mol. The second-order valence-corrected chi connectivity index (χ2v) is 10.8. The first-order chi connectivity index (χ1) is 14.4. The molecule has 3 heterocycles. The first-order valence-electron chi connectivity index (χ1n) is 9.21. The van der Waals surface area contributed by atoms with Gasteiger partial charge in [0.2, 0.25) is 5.91 Å². The van der Waals surface area contributed by atoms with Gasteiger partial charge in [0.25, 0.3) is 10.0 Å². The van der Waals surface area contributed by atoms with Gasteiger partial charge in [0.1, 0.15) is 17.4 Å². The van der Waals surface area contributed by atoms with E-state index in [2.05, 4.69) is 5.32 Å². The molecular formula is C20H20N2O5S3. The Labute approximate surface area is 182 Å². The first-order valence-corrected chi connectivity index (χ1v) is 12.3. The van der Waals surface area contributed by atoms with Gasteiger partial charge >= 0.3 is 0 Å². The zero-order valence-electron chi connectivity index (χ0n) is 16.2. The van der Waals surface area contributed by atoms with Crippen molar-refractivity contribution in [2.24, 2.45) is 0 Å². The van der Waals surface area contributed by atoms with E-state index in [1.165, 1.54) is 22.6 Å². The third kappa shape index (κ3) is 4.45. The fourth-order valence-electron chi connectivity index (χ4n) is 2.96. The van der Waals surface area contributed by atoms with Crippen LogP contribution in [0.2, 0.25) is 0 Å². The maximum absolute atomic E-state index is 13.6. The number of anilines is 1. The highest BCUT2D eigenvalue weighted by molar-refractivity contribution is 7.94. The molecule has 4 rings (SSSR count). The maximum atomic E-state index is 13.6. The van der Waals surface area contributed by atoms with Crippen molar-refractivity contribution in [1.29, 1.82) is 0 Å². The summed E-state index contributed by atoms with van der Waals surface area (Å²) in [6, 6.07) is 12.3. The number of benzene rings is 1. The number of nitrogens with zero attached hydrogens (tertiary/aromatic N) is 1. The van der Waals surface area contributed by atoms with Crippen molar-refractivity contribution in [1.82, 2.24) is 5.32 Å². The van der Waals surface area contributed by atoms with E-state index in [9.17, 15) is 13.2 Å². The van der Waals surface area contributed by atoms with Crippen molar-refractivity contribution >= 4 is 44.3 Å². The number of carbonyl (C=O) groups is 1. The molecule has 7 nitrogen and oxygen atoms in total. The number of fused-ring (bicyclic) bond motifs is 1. The summed E-state index contributed by atoms with van der Waals surface area (Å²) in [6.45, 7) is 2.82. The van der Waals surface area contributed by atoms with Crippen LogP contribution in [-0.2, 0) is 27.9 Å². The van der Waals surface area contributed by atoms with Crippen molar-refractivity contribution in [3.63, 3.8) is 0 Å². The van der Waals surface area contributed by atoms with E-state index in [0.29, 0.717) is 36.9 Å². The van der Waals surface area contributed by atoms with Crippen molar-refractivity contribution in [2.45, 2.75) is 24.2 Å². The van der Waals surface area contributed by atoms with Gasteiger partial charge in [-0.3, -0.25) is 9.10 Å². The Kier molecular flexibility index (Phi) is 5.98. The van der Waals surface area contributed by atoms with Crippen molar-refractivity contribution in [3.05, 3.63) is 57.6 Å². The van der Waals surface area contributed by atoms with Crippen LogP contribution in [0.4, 0.5) is 5.69 Å². The number of hydrogen-bond acceptors (Lipinski definition) is 7. The van der Waals surface area contributed by atoms with E-state index in [1.807, 2.05) is 17.5 Å². The Morgan fingerprint density at radius 1 is 1.10 bits per heavy atom. The molecule has 0 fully saturated rings. The number of rotatable bonds is 7. The number of thiophene rings is 2. The van der Waals surface area contributed by atoms with E-state index in [0.717, 1.165) is 21.1 Å². The van der Waals surface area contributed by atoms with E-state index in [4.69, 9.17) is 9.47 Å². The SMILES string of the molecule is CC(=O)NCc1ccc(S(=O)(=O)N(Cc2cccs2)c2ccc3c(c2)OCCO3)s1. The van der Waals surface area contributed by atoms with Crippen LogP contribution in [0.1, 0.15) is 16.7 Å². The van der Waals surface area contributed by atoms with Crippen LogP contribution in [0, 0.1) is 0 Å². The lowest BCUT2D eigenvalue weighted by molar-refractivity contribution is -0.119. The minimum atomic E-state index is -3.83. The zero-order valence-corrected chi connectivity index (χ0v) is 18.6. The lowest BCUT2D eigenvalue weighted by Gasteiger charge is -2.25. The number of carbonyl (C=O) groups excluding carboxylic acids is 1. The fraction of sp³-hybridized carbons (Fsp3) is 0.250. The van der Waals surface area contributed by atoms with Gasteiger partial charge in [0.05, 0.1) is 18.8 Å². The molecule has 0 bridgehead atoms. The summed E-state index contributed by atoms with van der Waals surface area (Å²) in [5.41, 5.74) is 0.504. The molecule has 0 aliphatic carbocycles. The number of ether oxygens (including phenoxy) is 2. The molecule has 1 N–H and O–H groups in total. The first kappa shape index (κ1) is 20.7. The molecule has 0 spiro atoms. The fourth-order valence-corrected chi connectivity index (χ4v) is 6.58. The van der Waals surface area contributed by atoms with Crippen molar-refractivity contribution in [2.75, 3.05) is 17.5 Å². The molecule has 10 heteroatoms. The summed E-state index contributed by atoms with van der Waals surface area (Å²) >= 11 is 2.65. The highest BCUT2D eigenvalue weighted by atomic mass is 32.2. The average molecular weight is 465 g/mol. The molecule has 3 aromatic rings. The van der Waals surface area contributed by atoms with Crippen LogP contribution in [0.3, 0.4) is 0 Å². The van der Waals surface area contributed by atoms with E-state index in [1.54, 1.807) is 30.3 Å². The molecule has 0 saturated heterocycles. The number of hydrogen-bond donors (Lipinski definition) is 1. The summed E-state index contributed by atoms with van der Waals surface area (Å²) in [5, 5.41) is 4.61. The Hall–Kier alpha value is -2.56. The standard InChI is InChI=1S/C20H20N2O5S3/c1-14(23)21-12-16-5-7-20(29-16)30(24,25)22(13-17-3-2-10-28-17)15-4-6-18-19(11-15)27-9-8-26-18/h2-7,10-11H,8-9,12-13H2,1H3,(H,21,23). The van der Waals surface area contributed by atoms with Crippen LogP contribution >= 0.6 is 22.7 Å². The van der Waals surface area contributed by atoms with Gasteiger partial charge in [-0.15, -0.1) is 22.7 Å². The average Bonchev–Trinajstić information content (AvgIpc) is 3.42. The third-order valence-electron chi connectivity index (χ3n) is 4.39. The third-order valence-corrected chi connectivity index (χ3v) is 8.57. The summed E-state index contributed by atoms with van der Waals surface area (Å²) in [5.74, 6) is 0.971. The number of nitrogens with one attached hydrogen (secondary N) is 1. The lowest BCUT2D eigenvalue weighted by atomic mass is 10.2. The van der Waals surface area contributed by atoms with Gasteiger partial charge < -0.3 is 14.8 Å². The summed E-state index contributed by atoms with van der Waals surface area (Å²) in [4.78, 5) is 12.8. The van der Waals surface area contributed by atoms with Crippen LogP contribution in [0.25, 0.3) is 0 Å². The molecule has 1 aliphatic heterocycles. The van der Waals surface area contributed by atoms with Crippen LogP contribution < -0.4 is 19.1 Å². The summed E-state index contributed by atoms with van der Waals surface area (Å²) in [7, 11) is -3.83. The largest absolute Gasteiger partial charge is 0.486 e. The van der Waals surface area contributed by atoms with Gasteiger partial charge in [-0.1, -0.05) is 6.07 Å². The zero-order chi connectivity index (χ0) is 21.1. The molecule has 158 valence electrons. The normalized spacial score (nSPS) is 13.1. The molecule has 0 atom stereocenters. The predicted molar refractivity (Wildman–Crippen MR) is 117 cm³/mol. The molecule has 0 unspecified atom stereocenters. The van der Waals surface area contributed by atoms with Crippen molar-refractivity contribution < 1.29 is 22.7 Å². The quantitative estimate of drug-likeness (QED) is 0.577. The molecular weight excluding hydrogens is 444 g/mol. The molecule has 2 aromatic heterocycles. The van der Waals surface area contributed by atoms with E-state index >= 15 is 0 Å². The van der Waals surface area contributed by atoms with Crippen LogP contribution in [-0.4, -0.2) is 27.5 Å². The van der Waals surface area contributed by atoms with E-state index in [-0.39, 0.29) is 16.7 Å². The predicted octanol–water partition coefficient (Wildman–Crippen LogP) is 3.61. The molecule has 30 heavy (non-hydrogen) atoms. The van der Waals surface area contributed by atoms with Crippen LogP contribution in [0.5, 0.6) is 11.5 Å². The van der Waals surface area contributed by atoms with Gasteiger partial charge in [-0.25, -0.2) is 8.42 Å². The molecule has 1 amide bonds. The molecule has 0 radical (unpaired) electrons. The van der Waals surface area contributed by atoms with Gasteiger partial charge in [0.15, 0.2) is 11.5 Å². The molecule has 0 saturated carbocycles. The second kappa shape index (κ2) is 8.66. The molecule has 1 aromatic carbocycles. The summed E-state index contributed by atoms with van der Waals surface area (Å²) < 4.78 is 39.9. The van der Waals surface area contributed by atoms with Crippen LogP contribution in [0.15, 0.2) is 52.1 Å². The second-order valence-electron chi connectivity index (χ2n) is 6.55. The van der Waals surface area contributed by atoms with Gasteiger partial charge in [-0.2, -0.15) is 0 Å². The van der Waals surface area contributed by atoms with E-state index < -0.39 is 10.0 Å². The Morgan fingerprint density at radius 3 is 2.63 bits per heavy atom. The number of sulfonamides is 1. The minimum absolute atomic E-state index is 0.164. The smallest absolute Gasteiger partial charge is 0.274 e. The maximum Gasteiger partial charge on any atom is 0.274 e. The van der Waals surface area contributed by atoms with Gasteiger partial charge in [0, 0.05) is 22.7 Å². The Morgan fingerprint density at radius 2 is 1.90 bits per heavy atom. The van der Waals surface area contributed by atoms with Gasteiger partial charge in [-0.05, 0) is 35.7 Å².